The molecule has 4 rings (SSSR count). The Bertz CT molecular complexity index is 670. The molecule has 8 nitrogen and oxygen atoms in total. The molecule has 3 saturated heterocycles. The first-order valence-electron chi connectivity index (χ1n) is 7.71. The molecule has 1 amide bonds. The fourth-order valence-corrected chi connectivity index (χ4v) is 3.69. The Morgan fingerprint density at radius 2 is 2.04 bits per heavy atom. The predicted molar refractivity (Wildman–Crippen MR) is 78.4 cm³/mol. The molecular formula is C15H17N5O3. The second-order valence-electron chi connectivity index (χ2n) is 6.40. The lowest BCUT2D eigenvalue weighted by Gasteiger charge is -2.45. The number of aliphatic hydroxyl groups is 1. The van der Waals surface area contributed by atoms with Gasteiger partial charge in [0.1, 0.15) is 11.9 Å². The Labute approximate surface area is 133 Å². The summed E-state index contributed by atoms with van der Waals surface area (Å²) in [6.07, 6.45) is 5.03. The highest BCUT2D eigenvalue weighted by molar-refractivity contribution is 5.86. The zero-order chi connectivity index (χ0) is 16.0. The summed E-state index contributed by atoms with van der Waals surface area (Å²) in [5.74, 6) is 0.450. The van der Waals surface area contributed by atoms with Crippen LogP contribution in [0.1, 0.15) is 18.5 Å². The van der Waals surface area contributed by atoms with Crippen LogP contribution in [0.5, 0.6) is 0 Å². The van der Waals surface area contributed by atoms with Crippen LogP contribution in [0.2, 0.25) is 0 Å². The summed E-state index contributed by atoms with van der Waals surface area (Å²) in [5, 5.41) is 19.2. The van der Waals surface area contributed by atoms with Crippen LogP contribution in [0.25, 0.3) is 0 Å². The first kappa shape index (κ1) is 14.4. The Morgan fingerprint density at radius 3 is 2.61 bits per heavy atom. The molecule has 23 heavy (non-hydrogen) atoms. The van der Waals surface area contributed by atoms with Crippen molar-refractivity contribution in [3.63, 3.8) is 0 Å². The number of carbonyl (C=O) groups excluding carboxylic acids is 1. The Hall–Kier alpha value is -2.24. The number of nitriles is 1. The van der Waals surface area contributed by atoms with Gasteiger partial charge in [0.05, 0.1) is 25.6 Å². The van der Waals surface area contributed by atoms with Gasteiger partial charge >= 0.3 is 0 Å². The maximum absolute atomic E-state index is 12.5. The molecule has 4 heterocycles. The van der Waals surface area contributed by atoms with Crippen molar-refractivity contribution in [2.24, 2.45) is 0 Å². The highest BCUT2D eigenvalue weighted by Crippen LogP contribution is 2.35. The lowest BCUT2D eigenvalue weighted by Crippen LogP contribution is -2.65. The van der Waals surface area contributed by atoms with Gasteiger partial charge in [0.15, 0.2) is 11.3 Å². The van der Waals surface area contributed by atoms with Gasteiger partial charge in [-0.2, -0.15) is 5.26 Å². The molecule has 3 aliphatic heterocycles. The minimum Gasteiger partial charge on any atom is -0.376 e. The summed E-state index contributed by atoms with van der Waals surface area (Å²) < 4.78 is 4.98. The number of fused-ring (bicyclic) bond motifs is 2. The highest BCUT2D eigenvalue weighted by Gasteiger charge is 2.50. The zero-order valence-corrected chi connectivity index (χ0v) is 12.6. The number of ether oxygens (including phenoxy) is 1. The second-order valence-corrected chi connectivity index (χ2v) is 6.40. The van der Waals surface area contributed by atoms with Crippen LogP contribution in [0, 0.1) is 11.3 Å². The number of hydrogen-bond acceptors (Lipinski definition) is 7. The molecule has 0 radical (unpaired) electrons. The summed E-state index contributed by atoms with van der Waals surface area (Å²) in [6.45, 7) is 1.26. The summed E-state index contributed by atoms with van der Waals surface area (Å²) in [7, 11) is 0. The lowest BCUT2D eigenvalue weighted by atomic mass is 9.99. The fraction of sp³-hybridized carbons (Fsp3) is 0.600. The van der Waals surface area contributed by atoms with Crippen molar-refractivity contribution in [2.45, 2.75) is 30.5 Å². The molecule has 1 aromatic rings. The van der Waals surface area contributed by atoms with E-state index in [0.29, 0.717) is 24.6 Å². The van der Waals surface area contributed by atoms with Gasteiger partial charge in [0.2, 0.25) is 0 Å². The van der Waals surface area contributed by atoms with Crippen molar-refractivity contribution in [1.82, 2.24) is 14.9 Å². The van der Waals surface area contributed by atoms with Crippen LogP contribution in [0.4, 0.5) is 5.82 Å². The average Bonchev–Trinajstić information content (AvgIpc) is 2.82. The topological polar surface area (TPSA) is 103 Å². The molecule has 2 bridgehead atoms. The Kier molecular flexibility index (Phi) is 3.21. The Balaban J connectivity index is 1.54. The summed E-state index contributed by atoms with van der Waals surface area (Å²) >= 11 is 0. The number of rotatable bonds is 2. The van der Waals surface area contributed by atoms with Crippen LogP contribution >= 0.6 is 0 Å². The number of anilines is 1. The molecule has 3 fully saturated rings. The van der Waals surface area contributed by atoms with E-state index in [9.17, 15) is 9.90 Å². The monoisotopic (exact) mass is 315 g/mol. The van der Waals surface area contributed by atoms with E-state index < -0.39 is 5.60 Å². The molecule has 0 aromatic carbocycles. The minimum atomic E-state index is -1.35. The molecule has 120 valence electrons. The van der Waals surface area contributed by atoms with Gasteiger partial charge in [-0.1, -0.05) is 0 Å². The molecule has 0 saturated carbocycles. The van der Waals surface area contributed by atoms with Crippen LogP contribution in [0.3, 0.4) is 0 Å². The van der Waals surface area contributed by atoms with Gasteiger partial charge in [-0.05, 0) is 12.8 Å². The standard InChI is InChI=1S/C15H17N5O3/c16-3-10-4-17-5-13(18-10)20-11-1-2-12(20)7-19(6-11)14(21)15(22)8-23-9-15/h4-5,11-12,22H,1-2,6-9H2. The summed E-state index contributed by atoms with van der Waals surface area (Å²) in [4.78, 5) is 24.8. The van der Waals surface area contributed by atoms with Gasteiger partial charge in [0, 0.05) is 25.2 Å². The van der Waals surface area contributed by atoms with E-state index in [1.54, 1.807) is 11.1 Å². The van der Waals surface area contributed by atoms with E-state index in [1.807, 2.05) is 6.07 Å². The van der Waals surface area contributed by atoms with Crippen molar-refractivity contribution >= 4 is 11.7 Å². The van der Waals surface area contributed by atoms with Crippen molar-refractivity contribution in [1.29, 1.82) is 5.26 Å². The molecule has 1 aromatic heterocycles. The molecule has 0 spiro atoms. The number of aromatic nitrogens is 2. The Morgan fingerprint density at radius 1 is 1.35 bits per heavy atom. The zero-order valence-electron chi connectivity index (χ0n) is 12.6. The maximum Gasteiger partial charge on any atom is 0.259 e. The molecule has 3 aliphatic rings. The van der Waals surface area contributed by atoms with Gasteiger partial charge in [-0.3, -0.25) is 9.78 Å². The van der Waals surface area contributed by atoms with E-state index in [0.717, 1.165) is 12.8 Å². The first-order chi connectivity index (χ1) is 11.1. The number of carbonyl (C=O) groups is 1. The van der Waals surface area contributed by atoms with Gasteiger partial charge in [-0.15, -0.1) is 0 Å². The largest absolute Gasteiger partial charge is 0.376 e. The molecule has 2 atom stereocenters. The quantitative estimate of drug-likeness (QED) is 0.769. The van der Waals surface area contributed by atoms with Gasteiger partial charge < -0.3 is 19.6 Å². The fourth-order valence-electron chi connectivity index (χ4n) is 3.69. The van der Waals surface area contributed by atoms with E-state index in [-0.39, 0.29) is 31.2 Å². The van der Waals surface area contributed by atoms with E-state index >= 15 is 0 Å². The lowest BCUT2D eigenvalue weighted by molar-refractivity contribution is -0.200. The number of piperazine rings is 1. The van der Waals surface area contributed by atoms with Crippen molar-refractivity contribution in [2.75, 3.05) is 31.2 Å². The van der Waals surface area contributed by atoms with E-state index in [2.05, 4.69) is 14.9 Å². The van der Waals surface area contributed by atoms with Gasteiger partial charge in [0.25, 0.3) is 5.91 Å². The van der Waals surface area contributed by atoms with E-state index in [1.165, 1.54) is 6.20 Å². The van der Waals surface area contributed by atoms with Crippen LogP contribution in [-0.4, -0.2) is 69.9 Å². The third-order valence-corrected chi connectivity index (χ3v) is 4.85. The maximum atomic E-state index is 12.5. The SMILES string of the molecule is N#Cc1cncc(N2C3CCC2CN(C(=O)C2(O)COC2)C3)n1. The second kappa shape index (κ2) is 5.15. The minimum absolute atomic E-state index is 0.0804. The normalized spacial score (nSPS) is 28.2. The number of nitrogens with zero attached hydrogens (tertiary/aromatic N) is 5. The van der Waals surface area contributed by atoms with Crippen molar-refractivity contribution in [3.05, 3.63) is 18.1 Å². The molecule has 1 N–H and O–H groups in total. The first-order valence-corrected chi connectivity index (χ1v) is 7.71. The predicted octanol–water partition coefficient (Wildman–Crippen LogP) is -0.711. The molecule has 0 aliphatic carbocycles. The number of hydrogen-bond donors (Lipinski definition) is 1. The van der Waals surface area contributed by atoms with Crippen molar-refractivity contribution in [3.8, 4) is 6.07 Å². The van der Waals surface area contributed by atoms with Crippen LogP contribution in [-0.2, 0) is 9.53 Å². The molecule has 2 unspecified atom stereocenters. The number of likely N-dealkylation sites (tertiary alicyclic amines) is 1. The van der Waals surface area contributed by atoms with Crippen LogP contribution < -0.4 is 4.90 Å². The average molecular weight is 315 g/mol. The van der Waals surface area contributed by atoms with Crippen molar-refractivity contribution < 1.29 is 14.6 Å². The smallest absolute Gasteiger partial charge is 0.259 e. The van der Waals surface area contributed by atoms with Gasteiger partial charge in [-0.25, -0.2) is 4.98 Å². The third kappa shape index (κ3) is 2.24. The number of amides is 1. The summed E-state index contributed by atoms with van der Waals surface area (Å²) in [5.41, 5.74) is -1.05. The third-order valence-electron chi connectivity index (χ3n) is 4.85. The highest BCUT2D eigenvalue weighted by atomic mass is 16.5. The summed E-state index contributed by atoms with van der Waals surface area (Å²) in [6, 6.07) is 2.29. The van der Waals surface area contributed by atoms with E-state index in [4.69, 9.17) is 10.00 Å². The molecule has 8 heteroatoms. The van der Waals surface area contributed by atoms with Crippen LogP contribution in [0.15, 0.2) is 12.4 Å². The molecular weight excluding hydrogens is 298 g/mol.